The number of aromatic hydroxyl groups is 2. The maximum Gasteiger partial charge on any atom is 0.339 e. The van der Waals surface area contributed by atoms with Crippen LogP contribution < -0.4 is 0 Å². The largest absolute Gasteiger partial charge is 0.508 e. The molecule has 0 saturated heterocycles. The van der Waals surface area contributed by atoms with E-state index in [2.05, 4.69) is 13.8 Å². The van der Waals surface area contributed by atoms with Crippen LogP contribution in [-0.4, -0.2) is 21.3 Å². The zero-order valence-electron chi connectivity index (χ0n) is 12.4. The van der Waals surface area contributed by atoms with Crippen LogP contribution in [0.4, 0.5) is 0 Å². The van der Waals surface area contributed by atoms with E-state index in [-0.39, 0.29) is 11.3 Å². The SMILES string of the molecule is Cc1ccc(C(C)C)c(O)c1.O=C(O)c1ccccc1O. The maximum atomic E-state index is 10.3. The lowest BCUT2D eigenvalue weighted by Gasteiger charge is -2.07. The molecule has 0 bridgehead atoms. The van der Waals surface area contributed by atoms with Crippen LogP contribution in [0.2, 0.25) is 0 Å². The van der Waals surface area contributed by atoms with Gasteiger partial charge in [0, 0.05) is 0 Å². The minimum atomic E-state index is -1.11. The second-order valence-electron chi connectivity index (χ2n) is 5.04. The lowest BCUT2D eigenvalue weighted by Crippen LogP contribution is -1.95. The van der Waals surface area contributed by atoms with E-state index in [1.54, 1.807) is 18.2 Å². The van der Waals surface area contributed by atoms with Gasteiger partial charge >= 0.3 is 5.97 Å². The van der Waals surface area contributed by atoms with E-state index in [4.69, 9.17) is 10.2 Å². The molecule has 4 nitrogen and oxygen atoms in total. The van der Waals surface area contributed by atoms with Crippen LogP contribution in [0, 0.1) is 6.92 Å². The van der Waals surface area contributed by atoms with Crippen LogP contribution in [0.3, 0.4) is 0 Å². The first-order valence-electron chi connectivity index (χ1n) is 6.63. The van der Waals surface area contributed by atoms with Gasteiger partial charge in [-0.3, -0.25) is 0 Å². The lowest BCUT2D eigenvalue weighted by atomic mass is 10.0. The molecule has 0 atom stereocenters. The van der Waals surface area contributed by atoms with Crippen molar-refractivity contribution in [1.29, 1.82) is 0 Å². The van der Waals surface area contributed by atoms with Crippen LogP contribution in [0.5, 0.6) is 11.5 Å². The number of aromatic carboxylic acids is 1. The molecule has 21 heavy (non-hydrogen) atoms. The predicted octanol–water partition coefficient (Wildman–Crippen LogP) is 3.91. The molecule has 112 valence electrons. The van der Waals surface area contributed by atoms with Gasteiger partial charge in [-0.1, -0.05) is 38.1 Å². The minimum Gasteiger partial charge on any atom is -0.508 e. The second kappa shape index (κ2) is 7.33. The first-order chi connectivity index (χ1) is 9.82. The number of hydrogen-bond donors (Lipinski definition) is 3. The molecule has 2 rings (SSSR count). The van der Waals surface area contributed by atoms with Crippen molar-refractivity contribution in [3.63, 3.8) is 0 Å². The Morgan fingerprint density at radius 3 is 2.05 bits per heavy atom. The third-order valence-corrected chi connectivity index (χ3v) is 2.94. The van der Waals surface area contributed by atoms with Crippen molar-refractivity contribution in [2.24, 2.45) is 0 Å². The molecule has 2 aromatic carbocycles. The van der Waals surface area contributed by atoms with Crippen LogP contribution >= 0.6 is 0 Å². The summed E-state index contributed by atoms with van der Waals surface area (Å²) in [4.78, 5) is 10.3. The summed E-state index contributed by atoms with van der Waals surface area (Å²) in [6.07, 6.45) is 0. The maximum absolute atomic E-state index is 10.3. The van der Waals surface area contributed by atoms with Gasteiger partial charge in [-0.15, -0.1) is 0 Å². The quantitative estimate of drug-likeness (QED) is 0.782. The van der Waals surface area contributed by atoms with Gasteiger partial charge in [-0.2, -0.15) is 0 Å². The summed E-state index contributed by atoms with van der Waals surface area (Å²) in [5, 5.41) is 26.8. The summed E-state index contributed by atoms with van der Waals surface area (Å²) in [7, 11) is 0. The van der Waals surface area contributed by atoms with E-state index in [0.717, 1.165) is 11.1 Å². The molecule has 0 aromatic heterocycles. The molecule has 3 N–H and O–H groups in total. The van der Waals surface area contributed by atoms with Crippen molar-refractivity contribution >= 4 is 5.97 Å². The van der Waals surface area contributed by atoms with Crippen molar-refractivity contribution in [1.82, 2.24) is 0 Å². The van der Waals surface area contributed by atoms with E-state index in [1.807, 2.05) is 19.1 Å². The Hall–Kier alpha value is -2.49. The molecule has 0 heterocycles. The average molecular weight is 288 g/mol. The highest BCUT2D eigenvalue weighted by molar-refractivity contribution is 5.90. The molecule has 0 radical (unpaired) electrons. The van der Waals surface area contributed by atoms with Crippen LogP contribution in [0.1, 0.15) is 41.3 Å². The molecular formula is C17H20O4. The van der Waals surface area contributed by atoms with Crippen LogP contribution in [0.25, 0.3) is 0 Å². The van der Waals surface area contributed by atoms with Crippen LogP contribution in [0.15, 0.2) is 42.5 Å². The van der Waals surface area contributed by atoms with E-state index in [0.29, 0.717) is 11.7 Å². The summed E-state index contributed by atoms with van der Waals surface area (Å²) in [5.41, 5.74) is 2.06. The summed E-state index contributed by atoms with van der Waals surface area (Å²) in [5.74, 6) is -0.497. The van der Waals surface area contributed by atoms with E-state index < -0.39 is 5.97 Å². The fourth-order valence-electron chi connectivity index (χ4n) is 1.80. The molecule has 4 heteroatoms. The van der Waals surface area contributed by atoms with Gasteiger partial charge in [0.05, 0.1) is 0 Å². The molecular weight excluding hydrogens is 268 g/mol. The highest BCUT2D eigenvalue weighted by atomic mass is 16.4. The first-order valence-corrected chi connectivity index (χ1v) is 6.63. The number of phenolic OH excluding ortho intramolecular Hbond substituents is 1. The molecule has 0 unspecified atom stereocenters. The monoisotopic (exact) mass is 288 g/mol. The number of carboxylic acid groups (broad SMARTS) is 1. The topological polar surface area (TPSA) is 77.8 Å². The summed E-state index contributed by atoms with van der Waals surface area (Å²) < 4.78 is 0. The van der Waals surface area contributed by atoms with Gasteiger partial charge in [0.1, 0.15) is 17.1 Å². The molecule has 0 aliphatic heterocycles. The molecule has 0 amide bonds. The Kier molecular flexibility index (Phi) is 5.79. The molecule has 0 saturated carbocycles. The van der Waals surface area contributed by atoms with Crippen molar-refractivity contribution < 1.29 is 20.1 Å². The number of benzene rings is 2. The van der Waals surface area contributed by atoms with Gasteiger partial charge in [0.2, 0.25) is 0 Å². The summed E-state index contributed by atoms with van der Waals surface area (Å²) in [6, 6.07) is 11.6. The van der Waals surface area contributed by atoms with Gasteiger partial charge in [-0.05, 0) is 42.2 Å². The molecule has 0 aliphatic rings. The van der Waals surface area contributed by atoms with Crippen LogP contribution in [-0.2, 0) is 0 Å². The standard InChI is InChI=1S/C10H14O.C7H6O3/c1-7(2)9-5-4-8(3)6-10(9)11;8-6-4-2-1-3-5(6)7(9)10/h4-7,11H,1-3H3;1-4,8H,(H,9,10). The minimum absolute atomic E-state index is 0.0671. The van der Waals surface area contributed by atoms with Gasteiger partial charge in [-0.25, -0.2) is 4.79 Å². The number of carbonyl (C=O) groups is 1. The zero-order valence-corrected chi connectivity index (χ0v) is 12.4. The zero-order chi connectivity index (χ0) is 16.0. The Morgan fingerprint density at radius 1 is 1.00 bits per heavy atom. The average Bonchev–Trinajstić information content (AvgIpc) is 2.39. The Bertz CT molecular complexity index is 618. The number of aryl methyl sites for hydroxylation is 1. The van der Waals surface area contributed by atoms with Crippen molar-refractivity contribution in [3.05, 3.63) is 59.2 Å². The smallest absolute Gasteiger partial charge is 0.339 e. The predicted molar refractivity (Wildman–Crippen MR) is 82.0 cm³/mol. The normalized spacial score (nSPS) is 9.90. The number of carboxylic acids is 1. The number of rotatable bonds is 2. The van der Waals surface area contributed by atoms with Crippen molar-refractivity contribution in [2.45, 2.75) is 26.7 Å². The fourth-order valence-corrected chi connectivity index (χ4v) is 1.80. The summed E-state index contributed by atoms with van der Waals surface area (Å²) in [6.45, 7) is 6.12. The molecule has 0 aliphatic carbocycles. The van der Waals surface area contributed by atoms with E-state index >= 15 is 0 Å². The van der Waals surface area contributed by atoms with Crippen molar-refractivity contribution in [2.75, 3.05) is 0 Å². The second-order valence-corrected chi connectivity index (χ2v) is 5.04. The number of para-hydroxylation sites is 1. The Balaban J connectivity index is 0.000000211. The highest BCUT2D eigenvalue weighted by Crippen LogP contribution is 2.25. The third-order valence-electron chi connectivity index (χ3n) is 2.94. The first kappa shape index (κ1) is 16.6. The Morgan fingerprint density at radius 2 is 1.62 bits per heavy atom. The Labute approximate surface area is 124 Å². The van der Waals surface area contributed by atoms with E-state index in [9.17, 15) is 9.90 Å². The summed E-state index contributed by atoms with van der Waals surface area (Å²) >= 11 is 0. The van der Waals surface area contributed by atoms with Crippen molar-refractivity contribution in [3.8, 4) is 11.5 Å². The highest BCUT2D eigenvalue weighted by Gasteiger charge is 2.05. The lowest BCUT2D eigenvalue weighted by molar-refractivity contribution is 0.0693. The molecule has 2 aromatic rings. The number of phenols is 2. The third kappa shape index (κ3) is 4.84. The number of hydrogen-bond acceptors (Lipinski definition) is 3. The molecule has 0 fully saturated rings. The van der Waals surface area contributed by atoms with E-state index in [1.165, 1.54) is 12.1 Å². The van der Waals surface area contributed by atoms with Gasteiger partial charge in [0.25, 0.3) is 0 Å². The van der Waals surface area contributed by atoms with Gasteiger partial charge in [0.15, 0.2) is 0 Å². The molecule has 0 spiro atoms. The van der Waals surface area contributed by atoms with Gasteiger partial charge < -0.3 is 15.3 Å². The fraction of sp³-hybridized carbons (Fsp3) is 0.235.